The number of nitrogens with one attached hydrogen (secondary N) is 1. The van der Waals surface area contributed by atoms with Gasteiger partial charge < -0.3 is 5.32 Å². The number of carbonyl (C=O) groups is 1. The van der Waals surface area contributed by atoms with Crippen molar-refractivity contribution >= 4 is 22.9 Å². The number of aryl methyl sites for hydroxylation is 1. The van der Waals surface area contributed by atoms with Gasteiger partial charge in [-0.2, -0.15) is 0 Å². The van der Waals surface area contributed by atoms with Gasteiger partial charge in [0.25, 0.3) is 5.91 Å². The maximum Gasteiger partial charge on any atom is 0.265 e. The Labute approximate surface area is 137 Å². The molecule has 1 N–H and O–H groups in total. The summed E-state index contributed by atoms with van der Waals surface area (Å²) in [4.78, 5) is 13.1. The largest absolute Gasteiger partial charge is 0.321 e. The lowest BCUT2D eigenvalue weighted by molar-refractivity contribution is 0.103. The molecule has 1 fully saturated rings. The van der Waals surface area contributed by atoms with Gasteiger partial charge >= 0.3 is 0 Å². The lowest BCUT2D eigenvalue weighted by Gasteiger charge is -2.07. The molecular formula is C16H15N5OS. The van der Waals surface area contributed by atoms with Crippen LogP contribution in [0.5, 0.6) is 0 Å². The van der Waals surface area contributed by atoms with E-state index in [4.69, 9.17) is 0 Å². The first-order valence-electron chi connectivity index (χ1n) is 7.46. The molecule has 0 atom stereocenters. The van der Waals surface area contributed by atoms with Crippen molar-refractivity contribution in [1.82, 2.24) is 20.2 Å². The van der Waals surface area contributed by atoms with Crippen molar-refractivity contribution in [2.45, 2.75) is 25.8 Å². The molecule has 4 rings (SSSR count). The van der Waals surface area contributed by atoms with Crippen LogP contribution in [0.3, 0.4) is 0 Å². The summed E-state index contributed by atoms with van der Waals surface area (Å²) >= 11 is 1.44. The van der Waals surface area contributed by atoms with Crippen LogP contribution in [0.1, 0.15) is 34.1 Å². The highest BCUT2D eigenvalue weighted by atomic mass is 32.1. The average molecular weight is 325 g/mol. The fourth-order valence-corrected chi connectivity index (χ4v) is 3.30. The summed E-state index contributed by atoms with van der Waals surface area (Å²) < 4.78 is 1.87. The highest BCUT2D eigenvalue weighted by Crippen LogP contribution is 2.36. The van der Waals surface area contributed by atoms with Crippen LogP contribution in [-0.2, 0) is 0 Å². The Bertz CT molecular complexity index is 865. The summed E-state index contributed by atoms with van der Waals surface area (Å²) in [7, 11) is 0. The SMILES string of the molecule is Cc1ccsc1C(=O)Nc1cccc(-c2nnnn2C2CC2)c1. The van der Waals surface area contributed by atoms with Crippen LogP contribution < -0.4 is 5.32 Å². The number of amides is 1. The monoisotopic (exact) mass is 325 g/mol. The van der Waals surface area contributed by atoms with Gasteiger partial charge in [0.15, 0.2) is 5.82 Å². The second kappa shape index (κ2) is 5.58. The molecule has 0 bridgehead atoms. The maximum absolute atomic E-state index is 12.3. The van der Waals surface area contributed by atoms with Crippen LogP contribution in [0.25, 0.3) is 11.4 Å². The Balaban J connectivity index is 1.60. The number of thiophene rings is 1. The zero-order chi connectivity index (χ0) is 15.8. The maximum atomic E-state index is 12.3. The smallest absolute Gasteiger partial charge is 0.265 e. The van der Waals surface area contributed by atoms with Gasteiger partial charge in [-0.1, -0.05) is 12.1 Å². The number of anilines is 1. The first kappa shape index (κ1) is 14.1. The highest BCUT2D eigenvalue weighted by Gasteiger charge is 2.28. The first-order chi connectivity index (χ1) is 11.2. The zero-order valence-corrected chi connectivity index (χ0v) is 13.4. The van der Waals surface area contributed by atoms with E-state index < -0.39 is 0 Å². The Kier molecular flexibility index (Phi) is 3.42. The van der Waals surface area contributed by atoms with Gasteiger partial charge in [-0.15, -0.1) is 16.4 Å². The standard InChI is InChI=1S/C16H15N5OS/c1-10-7-8-23-14(10)16(22)17-12-4-2-3-11(9-12)15-18-19-20-21(15)13-5-6-13/h2-4,7-9,13H,5-6H2,1H3,(H,17,22). The van der Waals surface area contributed by atoms with Crippen LogP contribution in [-0.4, -0.2) is 26.1 Å². The molecule has 0 saturated heterocycles. The molecule has 2 aromatic heterocycles. The molecule has 3 aromatic rings. The van der Waals surface area contributed by atoms with Crippen LogP contribution in [0.2, 0.25) is 0 Å². The molecule has 6 nitrogen and oxygen atoms in total. The molecule has 1 aliphatic rings. The molecule has 0 spiro atoms. The van der Waals surface area contributed by atoms with E-state index >= 15 is 0 Å². The molecule has 0 aliphatic heterocycles. The Morgan fingerprint density at radius 3 is 2.96 bits per heavy atom. The zero-order valence-electron chi connectivity index (χ0n) is 12.6. The third-order valence-corrected chi connectivity index (χ3v) is 4.85. The van der Waals surface area contributed by atoms with Gasteiger partial charge in [0.05, 0.1) is 10.9 Å². The topological polar surface area (TPSA) is 72.7 Å². The minimum atomic E-state index is -0.0866. The number of carbonyl (C=O) groups excluding carboxylic acids is 1. The fraction of sp³-hybridized carbons (Fsp3) is 0.250. The Hall–Kier alpha value is -2.54. The molecule has 7 heteroatoms. The van der Waals surface area contributed by atoms with E-state index in [0.29, 0.717) is 6.04 Å². The summed E-state index contributed by atoms with van der Waals surface area (Å²) in [6.45, 7) is 1.94. The van der Waals surface area contributed by atoms with Crippen LogP contribution in [0.4, 0.5) is 5.69 Å². The van der Waals surface area contributed by atoms with Crippen LogP contribution in [0.15, 0.2) is 35.7 Å². The minimum Gasteiger partial charge on any atom is -0.321 e. The van der Waals surface area contributed by atoms with Crippen molar-refractivity contribution in [2.24, 2.45) is 0 Å². The number of hydrogen-bond donors (Lipinski definition) is 1. The molecule has 0 unspecified atom stereocenters. The van der Waals surface area contributed by atoms with Gasteiger partial charge in [-0.05, 0) is 59.3 Å². The number of tetrazole rings is 1. The van der Waals surface area contributed by atoms with Gasteiger partial charge in [-0.25, -0.2) is 4.68 Å². The molecule has 1 amide bonds. The molecule has 1 aromatic carbocycles. The number of rotatable bonds is 4. The summed E-state index contributed by atoms with van der Waals surface area (Å²) in [5, 5.41) is 16.8. The van der Waals surface area contributed by atoms with Gasteiger partial charge in [0.2, 0.25) is 0 Å². The summed E-state index contributed by atoms with van der Waals surface area (Å²) in [6, 6.07) is 9.99. The third kappa shape index (κ3) is 2.75. The molecular weight excluding hydrogens is 310 g/mol. The van der Waals surface area contributed by atoms with Crippen molar-refractivity contribution in [2.75, 3.05) is 5.32 Å². The van der Waals surface area contributed by atoms with E-state index in [1.807, 2.05) is 47.3 Å². The van der Waals surface area contributed by atoms with Crippen molar-refractivity contribution in [3.05, 3.63) is 46.2 Å². The van der Waals surface area contributed by atoms with E-state index in [1.165, 1.54) is 11.3 Å². The van der Waals surface area contributed by atoms with Crippen molar-refractivity contribution in [1.29, 1.82) is 0 Å². The predicted molar refractivity (Wildman–Crippen MR) is 88.5 cm³/mol. The average Bonchev–Trinajstić information content (AvgIpc) is 3.11. The second-order valence-electron chi connectivity index (χ2n) is 5.65. The summed E-state index contributed by atoms with van der Waals surface area (Å²) in [5.41, 5.74) is 2.63. The predicted octanol–water partition coefficient (Wildman–Crippen LogP) is 3.30. The van der Waals surface area contributed by atoms with Crippen molar-refractivity contribution < 1.29 is 4.79 Å². The number of aromatic nitrogens is 4. The lowest BCUT2D eigenvalue weighted by atomic mass is 10.2. The van der Waals surface area contributed by atoms with Crippen molar-refractivity contribution in [3.8, 4) is 11.4 Å². The van der Waals surface area contributed by atoms with Gasteiger partial charge in [0.1, 0.15) is 0 Å². The highest BCUT2D eigenvalue weighted by molar-refractivity contribution is 7.12. The molecule has 0 radical (unpaired) electrons. The first-order valence-corrected chi connectivity index (χ1v) is 8.34. The van der Waals surface area contributed by atoms with E-state index in [2.05, 4.69) is 20.8 Å². The number of hydrogen-bond acceptors (Lipinski definition) is 5. The van der Waals surface area contributed by atoms with Crippen LogP contribution >= 0.6 is 11.3 Å². The Morgan fingerprint density at radius 2 is 2.22 bits per heavy atom. The molecule has 1 saturated carbocycles. The molecule has 1 aliphatic carbocycles. The number of nitrogens with zero attached hydrogens (tertiary/aromatic N) is 4. The normalized spacial score (nSPS) is 14.0. The summed E-state index contributed by atoms with van der Waals surface area (Å²) in [6.07, 6.45) is 2.23. The van der Waals surface area contributed by atoms with Crippen LogP contribution in [0, 0.1) is 6.92 Å². The van der Waals surface area contributed by atoms with E-state index in [0.717, 1.165) is 40.4 Å². The van der Waals surface area contributed by atoms with E-state index in [-0.39, 0.29) is 5.91 Å². The second-order valence-corrected chi connectivity index (χ2v) is 6.56. The quantitative estimate of drug-likeness (QED) is 0.799. The lowest BCUT2D eigenvalue weighted by Crippen LogP contribution is -2.11. The summed E-state index contributed by atoms with van der Waals surface area (Å²) in [5.74, 6) is 0.660. The molecule has 116 valence electrons. The third-order valence-electron chi connectivity index (χ3n) is 3.83. The molecule has 2 heterocycles. The van der Waals surface area contributed by atoms with Gasteiger partial charge in [0, 0.05) is 11.3 Å². The van der Waals surface area contributed by atoms with Crippen molar-refractivity contribution in [3.63, 3.8) is 0 Å². The van der Waals surface area contributed by atoms with E-state index in [1.54, 1.807) is 0 Å². The fourth-order valence-electron chi connectivity index (χ4n) is 2.48. The molecule has 23 heavy (non-hydrogen) atoms. The number of benzene rings is 1. The van der Waals surface area contributed by atoms with Gasteiger partial charge in [-0.3, -0.25) is 4.79 Å². The minimum absolute atomic E-state index is 0.0866. The Morgan fingerprint density at radius 1 is 1.35 bits per heavy atom. The van der Waals surface area contributed by atoms with E-state index in [9.17, 15) is 4.79 Å².